The van der Waals surface area contributed by atoms with Crippen molar-refractivity contribution in [3.8, 4) is 0 Å². The van der Waals surface area contributed by atoms with Crippen molar-refractivity contribution >= 4 is 11.8 Å². The van der Waals surface area contributed by atoms with E-state index in [9.17, 15) is 9.59 Å². The van der Waals surface area contributed by atoms with Crippen molar-refractivity contribution in [2.45, 2.75) is 52.1 Å². The second-order valence-corrected chi connectivity index (χ2v) is 5.29. The minimum atomic E-state index is -0.410. The van der Waals surface area contributed by atoms with Gasteiger partial charge in [-0.15, -0.1) is 0 Å². The van der Waals surface area contributed by atoms with Crippen LogP contribution in [0.1, 0.15) is 40.0 Å². The van der Waals surface area contributed by atoms with E-state index in [1.165, 1.54) is 0 Å². The third kappa shape index (κ3) is 3.98. The summed E-state index contributed by atoms with van der Waals surface area (Å²) in [6.45, 7) is 7.13. The highest BCUT2D eigenvalue weighted by molar-refractivity contribution is 5.82. The smallest absolute Gasteiger partial charge is 0.239 e. The first-order valence-corrected chi connectivity index (χ1v) is 6.79. The van der Waals surface area contributed by atoms with Gasteiger partial charge in [0.05, 0.1) is 6.04 Å². The first-order valence-electron chi connectivity index (χ1n) is 6.79. The highest BCUT2D eigenvalue weighted by Gasteiger charge is 2.27. The molecule has 0 bridgehead atoms. The first-order chi connectivity index (χ1) is 8.45. The summed E-state index contributed by atoms with van der Waals surface area (Å²) in [5.74, 6) is 0.277. The summed E-state index contributed by atoms with van der Waals surface area (Å²) in [6, 6.07) is -0.205. The molecule has 3 N–H and O–H groups in total. The molecule has 0 aromatic rings. The molecular formula is C13H25N3O2. The van der Waals surface area contributed by atoms with Crippen LogP contribution in [0.4, 0.5) is 0 Å². The lowest BCUT2D eigenvalue weighted by Gasteiger charge is -2.34. The van der Waals surface area contributed by atoms with Gasteiger partial charge in [-0.1, -0.05) is 20.8 Å². The molecule has 0 aromatic heterocycles. The van der Waals surface area contributed by atoms with Crippen LogP contribution in [0.25, 0.3) is 0 Å². The third-order valence-corrected chi connectivity index (χ3v) is 3.50. The monoisotopic (exact) mass is 255 g/mol. The molecule has 0 aliphatic carbocycles. The van der Waals surface area contributed by atoms with Crippen LogP contribution >= 0.6 is 0 Å². The lowest BCUT2D eigenvalue weighted by atomic mass is 10.0. The highest BCUT2D eigenvalue weighted by atomic mass is 16.2. The zero-order valence-corrected chi connectivity index (χ0v) is 11.6. The van der Waals surface area contributed by atoms with Crippen LogP contribution in [0.15, 0.2) is 0 Å². The fraction of sp³-hybridized carbons (Fsp3) is 0.846. The van der Waals surface area contributed by atoms with Gasteiger partial charge < -0.3 is 16.0 Å². The topological polar surface area (TPSA) is 75.4 Å². The summed E-state index contributed by atoms with van der Waals surface area (Å²) in [4.78, 5) is 25.1. The Morgan fingerprint density at radius 1 is 1.33 bits per heavy atom. The number of amides is 2. The molecule has 5 heteroatoms. The zero-order valence-electron chi connectivity index (χ0n) is 11.6. The molecule has 1 rings (SSSR count). The predicted molar refractivity (Wildman–Crippen MR) is 70.8 cm³/mol. The van der Waals surface area contributed by atoms with Crippen LogP contribution in [0.3, 0.4) is 0 Å². The molecule has 1 fully saturated rings. The summed E-state index contributed by atoms with van der Waals surface area (Å²) >= 11 is 0. The van der Waals surface area contributed by atoms with Gasteiger partial charge in [0.25, 0.3) is 0 Å². The number of nitrogens with two attached hydrogens (primary N) is 1. The fourth-order valence-electron chi connectivity index (χ4n) is 2.07. The minimum absolute atomic E-state index is 0.0327. The van der Waals surface area contributed by atoms with E-state index >= 15 is 0 Å². The van der Waals surface area contributed by atoms with Crippen molar-refractivity contribution in [1.29, 1.82) is 0 Å². The molecule has 1 aliphatic heterocycles. The van der Waals surface area contributed by atoms with E-state index in [1.54, 1.807) is 0 Å². The van der Waals surface area contributed by atoms with Crippen LogP contribution in [0, 0.1) is 5.92 Å². The molecule has 1 unspecified atom stereocenters. The van der Waals surface area contributed by atoms with Crippen molar-refractivity contribution in [3.05, 3.63) is 0 Å². The van der Waals surface area contributed by atoms with Crippen molar-refractivity contribution < 1.29 is 9.59 Å². The number of hydrogen-bond donors (Lipinski definition) is 2. The Hall–Kier alpha value is -1.10. The summed E-state index contributed by atoms with van der Waals surface area (Å²) in [5.41, 5.74) is 5.87. The molecule has 1 heterocycles. The van der Waals surface area contributed by atoms with E-state index in [-0.39, 0.29) is 23.8 Å². The molecule has 1 aliphatic rings. The molecule has 1 saturated heterocycles. The average molecular weight is 255 g/mol. The van der Waals surface area contributed by atoms with Gasteiger partial charge in [0.15, 0.2) is 0 Å². The Kier molecular flexibility index (Phi) is 5.59. The second-order valence-electron chi connectivity index (χ2n) is 5.29. The van der Waals surface area contributed by atoms with Gasteiger partial charge in [-0.3, -0.25) is 9.59 Å². The van der Waals surface area contributed by atoms with Crippen LogP contribution in [-0.4, -0.2) is 41.9 Å². The highest BCUT2D eigenvalue weighted by Crippen LogP contribution is 2.13. The SMILES string of the molecule is CCC(=O)NC1CCN(C(=O)C(N)C(C)C)CC1. The van der Waals surface area contributed by atoms with Crippen molar-refractivity contribution in [2.75, 3.05) is 13.1 Å². The van der Waals surface area contributed by atoms with Crippen LogP contribution < -0.4 is 11.1 Å². The number of carbonyl (C=O) groups excluding carboxylic acids is 2. The van der Waals surface area contributed by atoms with Gasteiger partial charge >= 0.3 is 0 Å². The standard InChI is InChI=1S/C13H25N3O2/c1-4-11(17)15-10-5-7-16(8-6-10)13(18)12(14)9(2)3/h9-10,12H,4-8,14H2,1-3H3,(H,15,17). The maximum Gasteiger partial charge on any atom is 0.239 e. The normalized spacial score (nSPS) is 18.8. The molecule has 0 saturated carbocycles. The van der Waals surface area contributed by atoms with Gasteiger partial charge in [0.2, 0.25) is 11.8 Å². The summed E-state index contributed by atoms with van der Waals surface area (Å²) < 4.78 is 0. The van der Waals surface area contributed by atoms with Gasteiger partial charge in [-0.25, -0.2) is 0 Å². The van der Waals surface area contributed by atoms with Crippen LogP contribution in [0.2, 0.25) is 0 Å². The number of nitrogens with zero attached hydrogens (tertiary/aromatic N) is 1. The van der Waals surface area contributed by atoms with E-state index < -0.39 is 6.04 Å². The number of likely N-dealkylation sites (tertiary alicyclic amines) is 1. The Morgan fingerprint density at radius 2 is 1.89 bits per heavy atom. The van der Waals surface area contributed by atoms with E-state index in [0.29, 0.717) is 19.5 Å². The Balaban J connectivity index is 2.39. The summed E-state index contributed by atoms with van der Waals surface area (Å²) in [7, 11) is 0. The van der Waals surface area contributed by atoms with Crippen molar-refractivity contribution in [3.63, 3.8) is 0 Å². The van der Waals surface area contributed by atoms with Crippen LogP contribution in [-0.2, 0) is 9.59 Å². The van der Waals surface area contributed by atoms with Gasteiger partial charge in [0, 0.05) is 25.6 Å². The maximum atomic E-state index is 12.0. The van der Waals surface area contributed by atoms with Crippen molar-refractivity contribution in [2.24, 2.45) is 11.7 Å². The molecule has 1 atom stereocenters. The molecule has 2 amide bonds. The second kappa shape index (κ2) is 6.73. The van der Waals surface area contributed by atoms with Gasteiger partial charge in [-0.05, 0) is 18.8 Å². The minimum Gasteiger partial charge on any atom is -0.353 e. The molecule has 0 spiro atoms. The summed E-state index contributed by atoms with van der Waals surface area (Å²) in [5, 5.41) is 2.97. The first kappa shape index (κ1) is 15.0. The van der Waals surface area contributed by atoms with Gasteiger partial charge in [0.1, 0.15) is 0 Å². The van der Waals surface area contributed by atoms with E-state index in [1.807, 2.05) is 25.7 Å². The zero-order chi connectivity index (χ0) is 13.7. The molecule has 0 aromatic carbocycles. The van der Waals surface area contributed by atoms with E-state index in [4.69, 9.17) is 5.73 Å². The lowest BCUT2D eigenvalue weighted by molar-refractivity contribution is -0.134. The molecule has 104 valence electrons. The van der Waals surface area contributed by atoms with Gasteiger partial charge in [-0.2, -0.15) is 0 Å². The van der Waals surface area contributed by atoms with E-state index in [0.717, 1.165) is 12.8 Å². The van der Waals surface area contributed by atoms with E-state index in [2.05, 4.69) is 5.32 Å². The molecule has 18 heavy (non-hydrogen) atoms. The third-order valence-electron chi connectivity index (χ3n) is 3.50. The fourth-order valence-corrected chi connectivity index (χ4v) is 2.07. The number of carbonyl (C=O) groups is 2. The molecule has 5 nitrogen and oxygen atoms in total. The number of piperidine rings is 1. The molecular weight excluding hydrogens is 230 g/mol. The molecule has 0 radical (unpaired) electrons. The Morgan fingerprint density at radius 3 is 2.33 bits per heavy atom. The Bertz CT molecular complexity index is 297. The maximum absolute atomic E-state index is 12.0. The lowest BCUT2D eigenvalue weighted by Crippen LogP contribution is -2.52. The summed E-state index contributed by atoms with van der Waals surface area (Å²) in [6.07, 6.45) is 2.15. The number of hydrogen-bond acceptors (Lipinski definition) is 3. The largest absolute Gasteiger partial charge is 0.353 e. The Labute approximate surface area is 109 Å². The quantitative estimate of drug-likeness (QED) is 0.767. The predicted octanol–water partition coefficient (Wildman–Crippen LogP) is 0.487. The number of rotatable bonds is 4. The van der Waals surface area contributed by atoms with Crippen molar-refractivity contribution in [1.82, 2.24) is 10.2 Å². The number of nitrogens with one attached hydrogen (secondary N) is 1. The average Bonchev–Trinajstić information content (AvgIpc) is 2.37. The van der Waals surface area contributed by atoms with Crippen LogP contribution in [0.5, 0.6) is 0 Å².